The van der Waals surface area contributed by atoms with Crippen molar-refractivity contribution in [2.75, 3.05) is 5.73 Å². The van der Waals surface area contributed by atoms with E-state index in [2.05, 4.69) is 9.97 Å². The summed E-state index contributed by atoms with van der Waals surface area (Å²) in [5.41, 5.74) is 7.55. The molecule has 106 valence electrons. The van der Waals surface area contributed by atoms with Crippen molar-refractivity contribution in [1.29, 1.82) is 0 Å². The number of benzene rings is 1. The second-order valence-electron chi connectivity index (χ2n) is 4.98. The van der Waals surface area contributed by atoms with Gasteiger partial charge in [-0.25, -0.2) is 9.97 Å². The molecule has 2 heterocycles. The van der Waals surface area contributed by atoms with E-state index in [4.69, 9.17) is 10.2 Å². The highest BCUT2D eigenvalue weighted by Gasteiger charge is 2.25. The smallest absolute Gasteiger partial charge is 0.283 e. The van der Waals surface area contributed by atoms with Gasteiger partial charge in [0, 0.05) is 30.2 Å². The molecule has 3 aromatic rings. The molecule has 6 nitrogen and oxygen atoms in total. The van der Waals surface area contributed by atoms with Gasteiger partial charge in [-0.15, -0.1) is 0 Å². The number of oxazole rings is 1. The molecule has 0 amide bonds. The maximum absolute atomic E-state index is 12.3. The maximum atomic E-state index is 12.3. The number of nitrogen functional groups attached to an aromatic ring is 1. The molecule has 0 atom stereocenters. The van der Waals surface area contributed by atoms with E-state index in [0.717, 1.165) is 24.6 Å². The van der Waals surface area contributed by atoms with Gasteiger partial charge < -0.3 is 14.7 Å². The van der Waals surface area contributed by atoms with Crippen molar-refractivity contribution in [1.82, 2.24) is 14.5 Å². The molecule has 2 aromatic heterocycles. The van der Waals surface area contributed by atoms with Gasteiger partial charge in [0.15, 0.2) is 10.6 Å². The van der Waals surface area contributed by atoms with Gasteiger partial charge in [-0.05, 0) is 36.7 Å². The lowest BCUT2D eigenvalue weighted by atomic mass is 10.3. The lowest BCUT2D eigenvalue weighted by Crippen LogP contribution is -2.20. The average molecular weight is 300 g/mol. The third kappa shape index (κ3) is 2.29. The molecule has 1 saturated carbocycles. The third-order valence-electron chi connectivity index (χ3n) is 3.35. The Morgan fingerprint density at radius 3 is 3.05 bits per heavy atom. The molecule has 0 saturated heterocycles. The summed E-state index contributed by atoms with van der Waals surface area (Å²) in [7, 11) is 0. The molecule has 1 aliphatic carbocycles. The van der Waals surface area contributed by atoms with Crippen molar-refractivity contribution in [2.45, 2.75) is 29.1 Å². The van der Waals surface area contributed by atoms with Crippen molar-refractivity contribution < 1.29 is 4.42 Å². The van der Waals surface area contributed by atoms with Crippen LogP contribution in [0.15, 0.2) is 50.1 Å². The monoisotopic (exact) mass is 300 g/mol. The van der Waals surface area contributed by atoms with E-state index in [1.807, 2.05) is 0 Å². The van der Waals surface area contributed by atoms with Crippen LogP contribution in [0.1, 0.15) is 18.9 Å². The summed E-state index contributed by atoms with van der Waals surface area (Å²) in [6, 6.07) is 5.59. The molecule has 0 unspecified atom stereocenters. The number of hydrogen-bond acceptors (Lipinski definition) is 6. The summed E-state index contributed by atoms with van der Waals surface area (Å²) in [5, 5.41) is 0.776. The Bertz CT molecular complexity index is 882. The van der Waals surface area contributed by atoms with E-state index in [1.54, 1.807) is 35.2 Å². The highest BCUT2D eigenvalue weighted by molar-refractivity contribution is 7.99. The number of nitrogens with zero attached hydrogens (tertiary/aromatic N) is 3. The van der Waals surface area contributed by atoms with Crippen LogP contribution in [0.25, 0.3) is 11.1 Å². The Kier molecular flexibility index (Phi) is 2.75. The molecule has 0 spiro atoms. The van der Waals surface area contributed by atoms with Crippen LogP contribution in [0, 0.1) is 0 Å². The van der Waals surface area contributed by atoms with Crippen LogP contribution in [0.5, 0.6) is 0 Å². The van der Waals surface area contributed by atoms with E-state index in [1.165, 1.54) is 0 Å². The minimum absolute atomic E-state index is 0.0910. The van der Waals surface area contributed by atoms with Gasteiger partial charge in [0.05, 0.1) is 0 Å². The second-order valence-corrected chi connectivity index (χ2v) is 5.93. The topological polar surface area (TPSA) is 86.9 Å². The van der Waals surface area contributed by atoms with Crippen LogP contribution in [0.3, 0.4) is 0 Å². The first-order chi connectivity index (χ1) is 10.2. The summed E-state index contributed by atoms with van der Waals surface area (Å²) in [5.74, 6) is 0. The van der Waals surface area contributed by atoms with E-state index in [0.29, 0.717) is 33.1 Å². The number of aromatic nitrogens is 3. The minimum atomic E-state index is -0.0910. The number of nitrogens with two attached hydrogens (primary N) is 1. The lowest BCUT2D eigenvalue weighted by molar-refractivity contribution is 0.489. The predicted molar refractivity (Wildman–Crippen MR) is 79.3 cm³/mol. The highest BCUT2D eigenvalue weighted by atomic mass is 32.2. The van der Waals surface area contributed by atoms with E-state index in [9.17, 15) is 4.79 Å². The molecule has 4 rings (SSSR count). The SMILES string of the molecule is Nc1ccc2nc(Sc3nccn(C4CC4)c3=O)oc2c1. The van der Waals surface area contributed by atoms with Crippen LogP contribution in [0.2, 0.25) is 0 Å². The fraction of sp³-hybridized carbons (Fsp3) is 0.214. The molecule has 1 aromatic carbocycles. The van der Waals surface area contributed by atoms with E-state index in [-0.39, 0.29) is 5.56 Å². The standard InChI is InChI=1S/C14H12N4O2S/c15-8-1-4-10-11(7-8)20-14(17-10)21-12-13(19)18(6-5-16-12)9-2-3-9/h1,4-7,9H,2-3,15H2. The van der Waals surface area contributed by atoms with E-state index >= 15 is 0 Å². The van der Waals surface area contributed by atoms with Gasteiger partial charge in [0.1, 0.15) is 5.52 Å². The average Bonchev–Trinajstić information content (AvgIpc) is 3.22. The van der Waals surface area contributed by atoms with Crippen LogP contribution in [-0.2, 0) is 0 Å². The van der Waals surface area contributed by atoms with Gasteiger partial charge in [0.25, 0.3) is 10.8 Å². The van der Waals surface area contributed by atoms with Gasteiger partial charge in [-0.1, -0.05) is 0 Å². The third-order valence-corrected chi connectivity index (χ3v) is 4.18. The molecule has 2 N–H and O–H groups in total. The van der Waals surface area contributed by atoms with Crippen LogP contribution < -0.4 is 11.3 Å². The van der Waals surface area contributed by atoms with Gasteiger partial charge in [-0.2, -0.15) is 0 Å². The van der Waals surface area contributed by atoms with Gasteiger partial charge in [-0.3, -0.25) is 4.79 Å². The largest absolute Gasteiger partial charge is 0.431 e. The Hall–Kier alpha value is -2.28. The van der Waals surface area contributed by atoms with Crippen LogP contribution in [-0.4, -0.2) is 14.5 Å². The molecule has 21 heavy (non-hydrogen) atoms. The number of rotatable bonds is 3. The molecular weight excluding hydrogens is 288 g/mol. The molecule has 0 aliphatic heterocycles. The van der Waals surface area contributed by atoms with Crippen LogP contribution >= 0.6 is 11.8 Å². The zero-order chi connectivity index (χ0) is 14.4. The Morgan fingerprint density at radius 1 is 1.38 bits per heavy atom. The Labute approximate surface area is 124 Å². The first-order valence-electron chi connectivity index (χ1n) is 6.62. The van der Waals surface area contributed by atoms with Crippen molar-refractivity contribution in [2.24, 2.45) is 0 Å². The number of fused-ring (bicyclic) bond motifs is 1. The van der Waals surface area contributed by atoms with Gasteiger partial charge >= 0.3 is 0 Å². The normalized spacial score (nSPS) is 14.7. The quantitative estimate of drug-likeness (QED) is 0.748. The first-order valence-corrected chi connectivity index (χ1v) is 7.43. The number of anilines is 1. The summed E-state index contributed by atoms with van der Waals surface area (Å²) in [4.78, 5) is 20.8. The van der Waals surface area contributed by atoms with Crippen LogP contribution in [0.4, 0.5) is 5.69 Å². The number of hydrogen-bond donors (Lipinski definition) is 1. The molecule has 7 heteroatoms. The lowest BCUT2D eigenvalue weighted by Gasteiger charge is -2.03. The second kappa shape index (κ2) is 4.63. The highest BCUT2D eigenvalue weighted by Crippen LogP contribution is 2.34. The first kappa shape index (κ1) is 12.5. The minimum Gasteiger partial charge on any atom is -0.431 e. The summed E-state index contributed by atoms with van der Waals surface area (Å²) in [6.45, 7) is 0. The van der Waals surface area contributed by atoms with Crippen molar-refractivity contribution in [3.63, 3.8) is 0 Å². The van der Waals surface area contributed by atoms with E-state index < -0.39 is 0 Å². The van der Waals surface area contributed by atoms with Gasteiger partial charge in [0.2, 0.25) is 0 Å². The predicted octanol–water partition coefficient (Wildman–Crippen LogP) is 2.45. The fourth-order valence-corrected chi connectivity index (χ4v) is 2.91. The van der Waals surface area contributed by atoms with Crippen molar-refractivity contribution in [3.8, 4) is 0 Å². The molecule has 0 bridgehead atoms. The molecular formula is C14H12N4O2S. The van der Waals surface area contributed by atoms with Crippen molar-refractivity contribution >= 4 is 28.5 Å². The molecule has 1 aliphatic rings. The zero-order valence-corrected chi connectivity index (χ0v) is 11.8. The zero-order valence-electron chi connectivity index (χ0n) is 11.0. The summed E-state index contributed by atoms with van der Waals surface area (Å²) >= 11 is 1.14. The van der Waals surface area contributed by atoms with Crippen molar-refractivity contribution in [3.05, 3.63) is 40.9 Å². The maximum Gasteiger partial charge on any atom is 0.283 e. The Morgan fingerprint density at radius 2 is 2.24 bits per heavy atom. The summed E-state index contributed by atoms with van der Waals surface area (Å²) in [6.07, 6.45) is 5.48. The summed E-state index contributed by atoms with van der Waals surface area (Å²) < 4.78 is 7.34. The molecule has 1 fully saturated rings. The fourth-order valence-electron chi connectivity index (χ4n) is 2.16. The molecule has 0 radical (unpaired) electrons. The Balaban J connectivity index is 1.71.